The Hall–Kier alpha value is -2.22. The lowest BCUT2D eigenvalue weighted by atomic mass is 10.1. The molecule has 0 atom stereocenters. The largest absolute Gasteiger partial charge is 0.381 e. The van der Waals surface area contributed by atoms with E-state index >= 15 is 0 Å². The first-order valence-corrected chi connectivity index (χ1v) is 6.15. The minimum absolute atomic E-state index is 0.188. The Bertz CT molecular complexity index is 536. The lowest BCUT2D eigenvalue weighted by molar-refractivity contribution is 0.0903. The summed E-state index contributed by atoms with van der Waals surface area (Å²) < 4.78 is 7.00. The van der Waals surface area contributed by atoms with Crippen LogP contribution in [-0.2, 0) is 4.74 Å². The Morgan fingerprint density at radius 1 is 1.26 bits per heavy atom. The van der Waals surface area contributed by atoms with E-state index in [4.69, 9.17) is 10.5 Å². The van der Waals surface area contributed by atoms with Crippen LogP contribution in [0.15, 0.2) is 18.7 Å². The number of rotatable bonds is 3. The predicted molar refractivity (Wildman–Crippen MR) is 68.8 cm³/mol. The van der Waals surface area contributed by atoms with Gasteiger partial charge in [-0.05, 0) is 12.8 Å². The van der Waals surface area contributed by atoms with Gasteiger partial charge in [0.15, 0.2) is 0 Å². The summed E-state index contributed by atoms with van der Waals surface area (Å²) in [6.07, 6.45) is 6.91. The first kappa shape index (κ1) is 11.8. The maximum Gasteiger partial charge on any atom is 0.241 e. The van der Waals surface area contributed by atoms with Crippen molar-refractivity contribution in [2.45, 2.75) is 18.9 Å². The Balaban J connectivity index is 1.81. The number of imidazole rings is 1. The molecule has 1 aliphatic rings. The molecule has 3 N–H and O–H groups in total. The van der Waals surface area contributed by atoms with E-state index in [1.54, 1.807) is 23.3 Å². The zero-order chi connectivity index (χ0) is 13.1. The van der Waals surface area contributed by atoms with Gasteiger partial charge in [0.1, 0.15) is 6.33 Å². The highest BCUT2D eigenvalue weighted by Crippen LogP contribution is 2.13. The fraction of sp³-hybridized carbons (Fsp3) is 0.455. The molecule has 19 heavy (non-hydrogen) atoms. The monoisotopic (exact) mass is 261 g/mol. The van der Waals surface area contributed by atoms with Gasteiger partial charge < -0.3 is 15.8 Å². The van der Waals surface area contributed by atoms with E-state index in [0.29, 0.717) is 17.9 Å². The van der Waals surface area contributed by atoms with Gasteiger partial charge in [-0.1, -0.05) is 0 Å². The normalized spacial score (nSPS) is 16.4. The summed E-state index contributed by atoms with van der Waals surface area (Å²) in [4.78, 5) is 16.5. The number of ether oxygens (including phenoxy) is 1. The fourth-order valence-electron chi connectivity index (χ4n) is 1.96. The van der Waals surface area contributed by atoms with Gasteiger partial charge in [0.2, 0.25) is 17.8 Å². The molecule has 3 heterocycles. The second-order valence-electron chi connectivity index (χ2n) is 4.32. The van der Waals surface area contributed by atoms with Gasteiger partial charge in [-0.2, -0.15) is 15.0 Å². The second-order valence-corrected chi connectivity index (χ2v) is 4.32. The van der Waals surface area contributed by atoms with E-state index in [1.807, 2.05) is 0 Å². The van der Waals surface area contributed by atoms with Crippen LogP contribution < -0.4 is 11.1 Å². The molecule has 0 unspecified atom stereocenters. The van der Waals surface area contributed by atoms with E-state index in [1.165, 1.54) is 0 Å². The highest BCUT2D eigenvalue weighted by atomic mass is 16.5. The minimum Gasteiger partial charge on any atom is -0.381 e. The molecule has 2 aromatic rings. The maximum absolute atomic E-state index is 5.71. The van der Waals surface area contributed by atoms with Crippen LogP contribution in [-0.4, -0.2) is 43.8 Å². The summed E-state index contributed by atoms with van der Waals surface area (Å²) >= 11 is 0. The van der Waals surface area contributed by atoms with E-state index < -0.39 is 0 Å². The molecule has 1 fully saturated rings. The third-order valence-electron chi connectivity index (χ3n) is 2.93. The molecule has 1 saturated heterocycles. The van der Waals surface area contributed by atoms with E-state index in [-0.39, 0.29) is 5.95 Å². The Morgan fingerprint density at radius 2 is 2.11 bits per heavy atom. The molecule has 2 aromatic heterocycles. The lowest BCUT2D eigenvalue weighted by Crippen LogP contribution is -2.29. The molecule has 0 amide bonds. The van der Waals surface area contributed by atoms with Crippen molar-refractivity contribution >= 4 is 11.9 Å². The molecule has 3 rings (SSSR count). The van der Waals surface area contributed by atoms with Crippen LogP contribution in [0.5, 0.6) is 0 Å². The van der Waals surface area contributed by atoms with Crippen LogP contribution in [0, 0.1) is 0 Å². The lowest BCUT2D eigenvalue weighted by Gasteiger charge is -2.23. The van der Waals surface area contributed by atoms with Crippen LogP contribution in [0.3, 0.4) is 0 Å². The molecular weight excluding hydrogens is 246 g/mol. The zero-order valence-electron chi connectivity index (χ0n) is 10.4. The molecule has 0 bridgehead atoms. The summed E-state index contributed by atoms with van der Waals surface area (Å²) in [6.45, 7) is 1.51. The van der Waals surface area contributed by atoms with Crippen molar-refractivity contribution < 1.29 is 4.74 Å². The molecule has 8 heteroatoms. The Kier molecular flexibility index (Phi) is 3.23. The van der Waals surface area contributed by atoms with Crippen LogP contribution in [0.4, 0.5) is 11.9 Å². The summed E-state index contributed by atoms with van der Waals surface area (Å²) in [5, 5.41) is 3.27. The quantitative estimate of drug-likeness (QED) is 0.815. The first-order chi connectivity index (χ1) is 9.31. The van der Waals surface area contributed by atoms with Crippen LogP contribution in [0.2, 0.25) is 0 Å². The van der Waals surface area contributed by atoms with E-state index in [9.17, 15) is 0 Å². The topological polar surface area (TPSA) is 104 Å². The molecule has 0 spiro atoms. The number of nitrogens with one attached hydrogen (secondary N) is 1. The third kappa shape index (κ3) is 2.79. The SMILES string of the molecule is Nc1nc(NC2CCOCC2)nc(-n2ccnc2)n1. The standard InChI is InChI=1S/C11H15N7O/c12-9-15-10(14-8-1-5-19-6-2-8)17-11(16-9)18-4-3-13-7-18/h3-4,7-8H,1-2,5-6H2,(H3,12,14,15,16,17). The van der Waals surface area contributed by atoms with Crippen molar-refractivity contribution in [1.82, 2.24) is 24.5 Å². The number of nitrogens with zero attached hydrogens (tertiary/aromatic N) is 5. The summed E-state index contributed by atoms with van der Waals surface area (Å²) in [5.74, 6) is 1.14. The van der Waals surface area contributed by atoms with Gasteiger partial charge in [0.05, 0.1) is 0 Å². The van der Waals surface area contributed by atoms with Gasteiger partial charge in [0, 0.05) is 31.6 Å². The zero-order valence-corrected chi connectivity index (χ0v) is 10.4. The van der Waals surface area contributed by atoms with Crippen molar-refractivity contribution in [2.75, 3.05) is 24.3 Å². The first-order valence-electron chi connectivity index (χ1n) is 6.15. The number of anilines is 2. The highest BCUT2D eigenvalue weighted by Gasteiger charge is 2.15. The smallest absolute Gasteiger partial charge is 0.241 e. The van der Waals surface area contributed by atoms with Crippen molar-refractivity contribution in [1.29, 1.82) is 0 Å². The second kappa shape index (κ2) is 5.19. The molecular formula is C11H15N7O. The number of nitrogens with two attached hydrogens (primary N) is 1. The van der Waals surface area contributed by atoms with Crippen molar-refractivity contribution in [3.63, 3.8) is 0 Å². The Labute approximate surface area is 110 Å². The number of aromatic nitrogens is 5. The van der Waals surface area contributed by atoms with E-state index in [0.717, 1.165) is 26.1 Å². The highest BCUT2D eigenvalue weighted by molar-refractivity contribution is 5.35. The average Bonchev–Trinajstić information content (AvgIpc) is 2.93. The predicted octanol–water partition coefficient (Wildman–Crippen LogP) is 0.230. The number of hydrogen-bond donors (Lipinski definition) is 2. The Morgan fingerprint density at radius 3 is 2.84 bits per heavy atom. The molecule has 100 valence electrons. The number of nitrogen functional groups attached to an aromatic ring is 1. The van der Waals surface area contributed by atoms with Gasteiger partial charge in [-0.3, -0.25) is 4.57 Å². The molecule has 1 aliphatic heterocycles. The fourth-order valence-corrected chi connectivity index (χ4v) is 1.96. The van der Waals surface area contributed by atoms with Gasteiger partial charge in [-0.15, -0.1) is 0 Å². The van der Waals surface area contributed by atoms with Gasteiger partial charge >= 0.3 is 0 Å². The molecule has 0 aromatic carbocycles. The van der Waals surface area contributed by atoms with Gasteiger partial charge in [-0.25, -0.2) is 4.98 Å². The summed E-state index contributed by atoms with van der Waals surface area (Å²) in [6, 6.07) is 0.311. The maximum atomic E-state index is 5.71. The summed E-state index contributed by atoms with van der Waals surface area (Å²) in [7, 11) is 0. The van der Waals surface area contributed by atoms with Crippen molar-refractivity contribution in [3.05, 3.63) is 18.7 Å². The third-order valence-corrected chi connectivity index (χ3v) is 2.93. The summed E-state index contributed by atoms with van der Waals surface area (Å²) in [5.41, 5.74) is 5.71. The van der Waals surface area contributed by atoms with Crippen LogP contribution >= 0.6 is 0 Å². The van der Waals surface area contributed by atoms with Crippen molar-refractivity contribution in [2.24, 2.45) is 0 Å². The molecule has 8 nitrogen and oxygen atoms in total. The molecule has 0 saturated carbocycles. The minimum atomic E-state index is 0.188. The van der Waals surface area contributed by atoms with Crippen molar-refractivity contribution in [3.8, 4) is 5.95 Å². The number of hydrogen-bond acceptors (Lipinski definition) is 7. The van der Waals surface area contributed by atoms with Crippen LogP contribution in [0.1, 0.15) is 12.8 Å². The van der Waals surface area contributed by atoms with E-state index in [2.05, 4.69) is 25.3 Å². The average molecular weight is 261 g/mol. The molecule has 0 radical (unpaired) electrons. The molecule has 0 aliphatic carbocycles. The van der Waals surface area contributed by atoms with Crippen LogP contribution in [0.25, 0.3) is 5.95 Å². The van der Waals surface area contributed by atoms with Gasteiger partial charge in [0.25, 0.3) is 0 Å².